The molecule has 0 saturated carbocycles. The SMILES string of the molecule is CCCCCCCCCCCCCCCCC/C=C/CC/C=C/CC/C=C/C(O)C(CO)NC(=O)C(O)CCCCCCCCCCCCCCCC. The Hall–Kier alpha value is -1.43. The molecule has 0 heterocycles. The number of unbranched alkanes of at least 4 members (excludes halogenated alkanes) is 30. The maximum absolute atomic E-state index is 12.4. The van der Waals surface area contributed by atoms with Crippen molar-refractivity contribution in [2.75, 3.05) is 6.61 Å². The van der Waals surface area contributed by atoms with Crippen LogP contribution in [0.4, 0.5) is 0 Å². The smallest absolute Gasteiger partial charge is 0.249 e. The van der Waals surface area contributed by atoms with Gasteiger partial charge in [-0.2, -0.15) is 0 Å². The van der Waals surface area contributed by atoms with E-state index in [1.807, 2.05) is 6.08 Å². The molecular weight excluding hydrogens is 655 g/mol. The van der Waals surface area contributed by atoms with Crippen LogP contribution in [0.1, 0.15) is 239 Å². The number of nitrogens with one attached hydrogen (secondary N) is 1. The first-order valence-electron chi connectivity index (χ1n) is 23.3. The number of amides is 1. The Labute approximate surface area is 330 Å². The third kappa shape index (κ3) is 38.6. The first kappa shape index (κ1) is 51.6. The Morgan fingerprint density at radius 2 is 0.774 bits per heavy atom. The van der Waals surface area contributed by atoms with E-state index in [9.17, 15) is 20.1 Å². The van der Waals surface area contributed by atoms with Gasteiger partial charge < -0.3 is 20.6 Å². The summed E-state index contributed by atoms with van der Waals surface area (Å²) in [7, 11) is 0. The molecule has 0 spiro atoms. The van der Waals surface area contributed by atoms with Gasteiger partial charge in [-0.3, -0.25) is 4.79 Å². The Morgan fingerprint density at radius 3 is 1.15 bits per heavy atom. The Morgan fingerprint density at radius 1 is 0.453 bits per heavy atom. The topological polar surface area (TPSA) is 89.8 Å². The summed E-state index contributed by atoms with van der Waals surface area (Å²) in [6.07, 6.45) is 54.8. The minimum absolute atomic E-state index is 0.379. The minimum atomic E-state index is -1.11. The van der Waals surface area contributed by atoms with Gasteiger partial charge in [0, 0.05) is 0 Å². The van der Waals surface area contributed by atoms with Crippen molar-refractivity contribution in [3.8, 4) is 0 Å². The summed E-state index contributed by atoms with van der Waals surface area (Å²) in [5, 5.41) is 33.1. The van der Waals surface area contributed by atoms with Crippen molar-refractivity contribution in [2.45, 2.75) is 257 Å². The zero-order valence-corrected chi connectivity index (χ0v) is 35.4. The van der Waals surface area contributed by atoms with Crippen molar-refractivity contribution in [3.63, 3.8) is 0 Å². The van der Waals surface area contributed by atoms with E-state index in [1.54, 1.807) is 6.08 Å². The lowest BCUT2D eigenvalue weighted by molar-refractivity contribution is -0.131. The van der Waals surface area contributed by atoms with Crippen LogP contribution in [-0.4, -0.2) is 46.1 Å². The minimum Gasteiger partial charge on any atom is -0.394 e. The quantitative estimate of drug-likeness (QED) is 0.0370. The first-order chi connectivity index (χ1) is 26.1. The molecule has 0 aliphatic carbocycles. The van der Waals surface area contributed by atoms with Crippen LogP contribution in [0, 0.1) is 0 Å². The summed E-state index contributed by atoms with van der Waals surface area (Å²) in [6, 6.07) is -0.818. The zero-order chi connectivity index (χ0) is 38.7. The van der Waals surface area contributed by atoms with Crippen LogP contribution >= 0.6 is 0 Å². The number of aliphatic hydroxyl groups is 3. The highest BCUT2D eigenvalue weighted by molar-refractivity contribution is 5.80. The Bertz CT molecular complexity index is 824. The van der Waals surface area contributed by atoms with Crippen LogP contribution in [0.3, 0.4) is 0 Å². The lowest BCUT2D eigenvalue weighted by Crippen LogP contribution is -2.48. The number of hydrogen-bond donors (Lipinski definition) is 4. The van der Waals surface area contributed by atoms with Gasteiger partial charge in [0.2, 0.25) is 5.91 Å². The van der Waals surface area contributed by atoms with Gasteiger partial charge in [-0.25, -0.2) is 0 Å². The second-order valence-corrected chi connectivity index (χ2v) is 16.0. The molecule has 0 saturated heterocycles. The van der Waals surface area contributed by atoms with E-state index in [0.29, 0.717) is 6.42 Å². The molecule has 5 heteroatoms. The molecule has 53 heavy (non-hydrogen) atoms. The monoisotopic (exact) mass is 746 g/mol. The summed E-state index contributed by atoms with van der Waals surface area (Å²) in [6.45, 7) is 4.17. The van der Waals surface area contributed by atoms with E-state index in [1.165, 1.54) is 173 Å². The molecular formula is C48H91NO4. The largest absolute Gasteiger partial charge is 0.394 e. The van der Waals surface area contributed by atoms with Crippen LogP contribution in [-0.2, 0) is 4.79 Å². The molecule has 0 aromatic carbocycles. The summed E-state index contributed by atoms with van der Waals surface area (Å²) < 4.78 is 0. The molecule has 0 radical (unpaired) electrons. The molecule has 3 unspecified atom stereocenters. The number of carbonyl (C=O) groups is 1. The molecule has 0 bridgehead atoms. The standard InChI is InChI=1S/C48H91NO4/c1-3-5-7-9-11-13-15-17-19-20-21-22-23-24-25-26-27-28-29-31-32-34-36-38-40-42-46(51)45(44-50)49-48(53)47(52)43-41-39-37-35-33-30-18-16-14-12-10-8-6-4-2/h27-28,32,34,40,42,45-47,50-52H,3-26,29-31,33,35-39,41,43-44H2,1-2H3,(H,49,53)/b28-27+,34-32+,42-40+. The van der Waals surface area contributed by atoms with E-state index in [0.717, 1.165) is 44.9 Å². The van der Waals surface area contributed by atoms with Gasteiger partial charge in [-0.15, -0.1) is 0 Å². The van der Waals surface area contributed by atoms with E-state index in [-0.39, 0.29) is 6.61 Å². The van der Waals surface area contributed by atoms with Crippen LogP contribution in [0.2, 0.25) is 0 Å². The molecule has 0 aromatic heterocycles. The maximum atomic E-state index is 12.4. The highest BCUT2D eigenvalue weighted by Gasteiger charge is 2.22. The molecule has 4 N–H and O–H groups in total. The molecule has 0 fully saturated rings. The number of hydrogen-bond acceptors (Lipinski definition) is 4. The van der Waals surface area contributed by atoms with Crippen LogP contribution in [0.15, 0.2) is 36.5 Å². The lowest BCUT2D eigenvalue weighted by atomic mass is 10.0. The van der Waals surface area contributed by atoms with Gasteiger partial charge in [0.05, 0.1) is 18.8 Å². The van der Waals surface area contributed by atoms with E-state index in [4.69, 9.17) is 0 Å². The van der Waals surface area contributed by atoms with E-state index in [2.05, 4.69) is 43.5 Å². The fourth-order valence-corrected chi connectivity index (χ4v) is 7.04. The zero-order valence-electron chi connectivity index (χ0n) is 35.4. The van der Waals surface area contributed by atoms with Crippen LogP contribution in [0.25, 0.3) is 0 Å². The summed E-state index contributed by atoms with van der Waals surface area (Å²) in [5.41, 5.74) is 0. The average Bonchev–Trinajstić information content (AvgIpc) is 3.16. The molecule has 0 rings (SSSR count). The number of rotatable bonds is 42. The number of allylic oxidation sites excluding steroid dienone is 5. The molecule has 3 atom stereocenters. The van der Waals surface area contributed by atoms with Gasteiger partial charge >= 0.3 is 0 Å². The highest BCUT2D eigenvalue weighted by Crippen LogP contribution is 2.16. The van der Waals surface area contributed by atoms with Crippen molar-refractivity contribution in [2.24, 2.45) is 0 Å². The predicted molar refractivity (Wildman–Crippen MR) is 231 cm³/mol. The second-order valence-electron chi connectivity index (χ2n) is 16.0. The third-order valence-corrected chi connectivity index (χ3v) is 10.7. The van der Waals surface area contributed by atoms with Gasteiger partial charge in [0.15, 0.2) is 0 Å². The predicted octanol–water partition coefficient (Wildman–Crippen LogP) is 13.5. The molecule has 312 valence electrons. The van der Waals surface area contributed by atoms with Gasteiger partial charge in [-0.1, -0.05) is 230 Å². The van der Waals surface area contributed by atoms with Crippen molar-refractivity contribution in [1.82, 2.24) is 5.32 Å². The van der Waals surface area contributed by atoms with Gasteiger partial charge in [-0.05, 0) is 44.9 Å². The fraction of sp³-hybridized carbons (Fsp3) is 0.854. The Balaban J connectivity index is 3.70. The van der Waals surface area contributed by atoms with Crippen LogP contribution in [0.5, 0.6) is 0 Å². The van der Waals surface area contributed by atoms with Crippen LogP contribution < -0.4 is 5.32 Å². The number of aliphatic hydroxyl groups excluding tert-OH is 3. The van der Waals surface area contributed by atoms with E-state index < -0.39 is 24.2 Å². The van der Waals surface area contributed by atoms with Crippen molar-refractivity contribution in [1.29, 1.82) is 0 Å². The summed E-state index contributed by atoms with van der Waals surface area (Å²) >= 11 is 0. The molecule has 0 aromatic rings. The molecule has 0 aliphatic heterocycles. The molecule has 0 aliphatic rings. The normalized spacial score (nSPS) is 13.8. The lowest BCUT2D eigenvalue weighted by Gasteiger charge is -2.21. The van der Waals surface area contributed by atoms with Gasteiger partial charge in [0.1, 0.15) is 6.10 Å². The molecule has 1 amide bonds. The van der Waals surface area contributed by atoms with E-state index >= 15 is 0 Å². The number of carbonyl (C=O) groups excluding carboxylic acids is 1. The fourth-order valence-electron chi connectivity index (χ4n) is 7.04. The summed E-state index contributed by atoms with van der Waals surface area (Å²) in [5.74, 6) is -0.516. The molecule has 5 nitrogen and oxygen atoms in total. The summed E-state index contributed by atoms with van der Waals surface area (Å²) in [4.78, 5) is 12.4. The highest BCUT2D eigenvalue weighted by atomic mass is 16.3. The second kappa shape index (κ2) is 43.3. The third-order valence-electron chi connectivity index (χ3n) is 10.7. The van der Waals surface area contributed by atoms with Crippen molar-refractivity contribution < 1.29 is 20.1 Å². The Kier molecular flexibility index (Phi) is 42.1. The average molecular weight is 746 g/mol. The maximum Gasteiger partial charge on any atom is 0.249 e. The first-order valence-corrected chi connectivity index (χ1v) is 23.3. The van der Waals surface area contributed by atoms with Crippen molar-refractivity contribution in [3.05, 3.63) is 36.5 Å². The van der Waals surface area contributed by atoms with Crippen molar-refractivity contribution >= 4 is 5.91 Å². The van der Waals surface area contributed by atoms with Gasteiger partial charge in [0.25, 0.3) is 0 Å².